The number of hydrogen-bond acceptors (Lipinski definition) is 2. The van der Waals surface area contributed by atoms with E-state index in [1.165, 1.54) is 0 Å². The Morgan fingerprint density at radius 2 is 1.93 bits per heavy atom. The summed E-state index contributed by atoms with van der Waals surface area (Å²) < 4.78 is 0. The van der Waals surface area contributed by atoms with Gasteiger partial charge in [-0.2, -0.15) is 5.10 Å². The van der Waals surface area contributed by atoms with E-state index in [1.807, 2.05) is 6.07 Å². The van der Waals surface area contributed by atoms with E-state index in [4.69, 9.17) is 28.9 Å². The summed E-state index contributed by atoms with van der Waals surface area (Å²) in [5.74, 6) is 0. The van der Waals surface area contributed by atoms with Gasteiger partial charge < -0.3 is 5.73 Å². The molecule has 2 aromatic rings. The van der Waals surface area contributed by atoms with E-state index in [-0.39, 0.29) is 0 Å². The average molecular weight is 242 g/mol. The summed E-state index contributed by atoms with van der Waals surface area (Å²) in [5.41, 5.74) is 7.78. The van der Waals surface area contributed by atoms with E-state index in [9.17, 15) is 0 Å². The molecular formula is C10H9Cl2N3. The van der Waals surface area contributed by atoms with Crippen molar-refractivity contribution in [3.05, 3.63) is 40.0 Å². The summed E-state index contributed by atoms with van der Waals surface area (Å²) >= 11 is 12.1. The Labute approximate surface area is 97.2 Å². The third kappa shape index (κ3) is 2.00. The van der Waals surface area contributed by atoms with Crippen molar-refractivity contribution < 1.29 is 0 Å². The zero-order chi connectivity index (χ0) is 10.8. The molecule has 78 valence electrons. The highest BCUT2D eigenvalue weighted by molar-refractivity contribution is 6.39. The lowest BCUT2D eigenvalue weighted by molar-refractivity contribution is 0.948. The molecule has 0 bridgehead atoms. The summed E-state index contributed by atoms with van der Waals surface area (Å²) in [6.07, 6.45) is 0. The minimum absolute atomic E-state index is 0.412. The van der Waals surface area contributed by atoms with Crippen molar-refractivity contribution in [2.24, 2.45) is 5.73 Å². The molecule has 15 heavy (non-hydrogen) atoms. The molecule has 3 nitrogen and oxygen atoms in total. The summed E-state index contributed by atoms with van der Waals surface area (Å²) in [4.78, 5) is 0. The predicted molar refractivity (Wildman–Crippen MR) is 61.9 cm³/mol. The van der Waals surface area contributed by atoms with E-state index in [1.54, 1.807) is 18.2 Å². The molecule has 0 aliphatic rings. The first-order chi connectivity index (χ1) is 7.22. The van der Waals surface area contributed by atoms with E-state index in [2.05, 4.69) is 10.2 Å². The molecule has 1 aromatic heterocycles. The number of benzene rings is 1. The van der Waals surface area contributed by atoms with Gasteiger partial charge in [-0.3, -0.25) is 5.10 Å². The smallest absolute Gasteiger partial charge is 0.0954 e. The molecule has 0 saturated carbocycles. The fraction of sp³-hybridized carbons (Fsp3) is 0.100. The van der Waals surface area contributed by atoms with Crippen LogP contribution in [0, 0.1) is 0 Å². The van der Waals surface area contributed by atoms with Crippen LogP contribution in [0.2, 0.25) is 10.0 Å². The van der Waals surface area contributed by atoms with Gasteiger partial charge in [-0.05, 0) is 18.2 Å². The molecule has 0 fully saturated rings. The molecule has 0 aliphatic heterocycles. The number of H-pyrrole nitrogens is 1. The average Bonchev–Trinajstić information content (AvgIpc) is 2.66. The molecular weight excluding hydrogens is 233 g/mol. The van der Waals surface area contributed by atoms with Gasteiger partial charge in [-0.25, -0.2) is 0 Å². The number of hydrogen-bond donors (Lipinski definition) is 2. The molecule has 0 saturated heterocycles. The lowest BCUT2D eigenvalue weighted by atomic mass is 10.1. The van der Waals surface area contributed by atoms with Crippen LogP contribution in [0.15, 0.2) is 24.3 Å². The quantitative estimate of drug-likeness (QED) is 0.850. The number of nitrogens with two attached hydrogens (primary N) is 1. The second-order valence-corrected chi connectivity index (χ2v) is 3.89. The van der Waals surface area contributed by atoms with Crippen molar-refractivity contribution in [2.45, 2.75) is 6.54 Å². The van der Waals surface area contributed by atoms with Gasteiger partial charge in [0.1, 0.15) is 0 Å². The van der Waals surface area contributed by atoms with Crippen molar-refractivity contribution in [2.75, 3.05) is 0 Å². The van der Waals surface area contributed by atoms with Crippen molar-refractivity contribution >= 4 is 23.2 Å². The van der Waals surface area contributed by atoms with Crippen molar-refractivity contribution in [3.8, 4) is 11.3 Å². The Bertz CT molecular complexity index is 459. The first-order valence-corrected chi connectivity index (χ1v) is 5.16. The standard InChI is InChI=1S/C10H9Cl2N3/c11-7-2-1-3-8(12)10(7)9-4-6(5-13)14-15-9/h1-4H,5,13H2,(H,14,15). The third-order valence-corrected chi connectivity index (χ3v) is 2.70. The molecule has 0 spiro atoms. The summed E-state index contributed by atoms with van der Waals surface area (Å²) in [6.45, 7) is 0.412. The highest BCUT2D eigenvalue weighted by atomic mass is 35.5. The molecule has 1 heterocycles. The molecule has 5 heteroatoms. The second kappa shape index (κ2) is 4.23. The number of halogens is 2. The van der Waals surface area contributed by atoms with Gasteiger partial charge in [0.25, 0.3) is 0 Å². The summed E-state index contributed by atoms with van der Waals surface area (Å²) in [5, 5.41) is 8.08. The monoisotopic (exact) mass is 241 g/mol. The maximum atomic E-state index is 6.05. The van der Waals surface area contributed by atoms with E-state index in [0.717, 1.165) is 11.3 Å². The third-order valence-electron chi connectivity index (χ3n) is 2.07. The van der Waals surface area contributed by atoms with Gasteiger partial charge in [0.05, 0.1) is 15.7 Å². The molecule has 0 atom stereocenters. The number of nitrogens with one attached hydrogen (secondary N) is 1. The lowest BCUT2D eigenvalue weighted by Crippen LogP contribution is -1.95. The van der Waals surface area contributed by atoms with Crippen LogP contribution in [0.25, 0.3) is 11.3 Å². The summed E-state index contributed by atoms with van der Waals surface area (Å²) in [7, 11) is 0. The number of nitrogens with zero attached hydrogens (tertiary/aromatic N) is 1. The Morgan fingerprint density at radius 1 is 1.27 bits per heavy atom. The highest BCUT2D eigenvalue weighted by Crippen LogP contribution is 2.33. The molecule has 0 unspecified atom stereocenters. The molecule has 0 aliphatic carbocycles. The van der Waals surface area contributed by atoms with Crippen molar-refractivity contribution in [1.29, 1.82) is 0 Å². The normalized spacial score (nSPS) is 10.6. The van der Waals surface area contributed by atoms with Gasteiger partial charge in [0.2, 0.25) is 0 Å². The van der Waals surface area contributed by atoms with Crippen LogP contribution in [0.1, 0.15) is 5.69 Å². The molecule has 3 N–H and O–H groups in total. The maximum absolute atomic E-state index is 6.05. The Hall–Kier alpha value is -1.03. The van der Waals surface area contributed by atoms with Crippen LogP contribution in [-0.2, 0) is 6.54 Å². The van der Waals surface area contributed by atoms with Crippen LogP contribution in [0.3, 0.4) is 0 Å². The topological polar surface area (TPSA) is 54.7 Å². The Kier molecular flexibility index (Phi) is 2.95. The largest absolute Gasteiger partial charge is 0.325 e. The van der Waals surface area contributed by atoms with Crippen molar-refractivity contribution in [3.63, 3.8) is 0 Å². The minimum Gasteiger partial charge on any atom is -0.325 e. The van der Waals surface area contributed by atoms with Crippen LogP contribution in [0.4, 0.5) is 0 Å². The van der Waals surface area contributed by atoms with Crippen LogP contribution < -0.4 is 5.73 Å². The molecule has 0 radical (unpaired) electrons. The van der Waals surface area contributed by atoms with Crippen LogP contribution in [-0.4, -0.2) is 10.2 Å². The van der Waals surface area contributed by atoms with E-state index >= 15 is 0 Å². The fourth-order valence-electron chi connectivity index (χ4n) is 1.34. The minimum atomic E-state index is 0.412. The SMILES string of the molecule is NCc1cc(-c2c(Cl)cccc2Cl)n[nH]1. The molecule has 2 rings (SSSR count). The van der Waals surface area contributed by atoms with Gasteiger partial charge in [-0.15, -0.1) is 0 Å². The van der Waals surface area contributed by atoms with Crippen LogP contribution in [0.5, 0.6) is 0 Å². The summed E-state index contributed by atoms with van der Waals surface area (Å²) in [6, 6.07) is 7.19. The lowest BCUT2D eigenvalue weighted by Gasteiger charge is -2.02. The zero-order valence-corrected chi connectivity index (χ0v) is 9.31. The first kappa shape index (κ1) is 10.5. The predicted octanol–water partition coefficient (Wildman–Crippen LogP) is 2.84. The van der Waals surface area contributed by atoms with Gasteiger partial charge >= 0.3 is 0 Å². The number of aromatic amines is 1. The fourth-order valence-corrected chi connectivity index (χ4v) is 1.93. The van der Waals surface area contributed by atoms with E-state index in [0.29, 0.717) is 22.3 Å². The molecule has 0 amide bonds. The Balaban J connectivity index is 2.53. The van der Waals surface area contributed by atoms with Gasteiger partial charge in [0.15, 0.2) is 0 Å². The van der Waals surface area contributed by atoms with Gasteiger partial charge in [0, 0.05) is 17.8 Å². The van der Waals surface area contributed by atoms with Crippen molar-refractivity contribution in [1.82, 2.24) is 10.2 Å². The number of rotatable bonds is 2. The van der Waals surface area contributed by atoms with Crippen LogP contribution >= 0.6 is 23.2 Å². The maximum Gasteiger partial charge on any atom is 0.0954 e. The first-order valence-electron chi connectivity index (χ1n) is 4.41. The number of aromatic nitrogens is 2. The molecule has 1 aromatic carbocycles. The van der Waals surface area contributed by atoms with Gasteiger partial charge in [-0.1, -0.05) is 29.3 Å². The van der Waals surface area contributed by atoms with E-state index < -0.39 is 0 Å². The highest BCUT2D eigenvalue weighted by Gasteiger charge is 2.10. The second-order valence-electron chi connectivity index (χ2n) is 3.08. The zero-order valence-electron chi connectivity index (χ0n) is 7.80. The Morgan fingerprint density at radius 3 is 2.47 bits per heavy atom.